The predicted molar refractivity (Wildman–Crippen MR) is 127 cm³/mol. The fourth-order valence-corrected chi connectivity index (χ4v) is 3.65. The van der Waals surface area contributed by atoms with Crippen molar-refractivity contribution in [3.63, 3.8) is 0 Å². The summed E-state index contributed by atoms with van der Waals surface area (Å²) in [6.45, 7) is 9.80. The van der Waals surface area contributed by atoms with Crippen LogP contribution in [0.25, 0.3) is 0 Å². The van der Waals surface area contributed by atoms with Crippen molar-refractivity contribution < 1.29 is 19.1 Å². The minimum Gasteiger partial charge on any atom is -0.491 e. The van der Waals surface area contributed by atoms with Gasteiger partial charge in [0.25, 0.3) is 11.8 Å². The molecule has 0 aliphatic carbocycles. The molecule has 33 heavy (non-hydrogen) atoms. The molecule has 1 aliphatic rings. The van der Waals surface area contributed by atoms with E-state index in [-0.39, 0.29) is 29.9 Å². The Morgan fingerprint density at radius 3 is 2.58 bits per heavy atom. The summed E-state index contributed by atoms with van der Waals surface area (Å²) in [7, 11) is 0. The van der Waals surface area contributed by atoms with Gasteiger partial charge < -0.3 is 24.8 Å². The Labute approximate surface area is 195 Å². The zero-order valence-electron chi connectivity index (χ0n) is 19.9. The predicted octanol–water partition coefficient (Wildman–Crippen LogP) is 2.71. The van der Waals surface area contributed by atoms with Crippen LogP contribution in [0.4, 0.5) is 0 Å². The Bertz CT molecular complexity index is 1010. The molecule has 1 aromatic heterocycles. The van der Waals surface area contributed by atoms with Crippen LogP contribution in [-0.2, 0) is 10.3 Å². The quantitative estimate of drug-likeness (QED) is 0.693. The molecule has 0 bridgehead atoms. The molecule has 0 atom stereocenters. The van der Waals surface area contributed by atoms with Gasteiger partial charge in [-0.2, -0.15) is 0 Å². The lowest BCUT2D eigenvalue weighted by Crippen LogP contribution is -2.39. The van der Waals surface area contributed by atoms with Crippen LogP contribution >= 0.6 is 0 Å². The number of fused-ring (bicyclic) bond motifs is 1. The summed E-state index contributed by atoms with van der Waals surface area (Å²) in [4.78, 5) is 39.9. The topological polar surface area (TPSA) is 92.7 Å². The lowest BCUT2D eigenvalue weighted by Gasteiger charge is -2.23. The van der Waals surface area contributed by atoms with E-state index in [4.69, 9.17) is 4.74 Å². The summed E-state index contributed by atoms with van der Waals surface area (Å²) in [5.74, 6) is 0.0206. The maximum Gasteiger partial charge on any atom is 0.255 e. The highest BCUT2D eigenvalue weighted by atomic mass is 16.5. The summed E-state index contributed by atoms with van der Waals surface area (Å²) in [6.07, 6.45) is 4.59. The highest BCUT2D eigenvalue weighted by Crippen LogP contribution is 2.20. The normalized spacial score (nSPS) is 16.5. The average molecular weight is 455 g/mol. The number of benzene rings is 1. The summed E-state index contributed by atoms with van der Waals surface area (Å²) in [5, 5.41) is 5.74. The first-order valence-corrected chi connectivity index (χ1v) is 11.4. The van der Waals surface area contributed by atoms with Crippen LogP contribution in [0, 0.1) is 6.92 Å². The molecule has 2 aromatic rings. The second-order valence-corrected chi connectivity index (χ2v) is 9.33. The molecule has 8 nitrogen and oxygen atoms in total. The van der Waals surface area contributed by atoms with Crippen molar-refractivity contribution in [2.45, 2.75) is 46.1 Å². The molecule has 2 heterocycles. The molecule has 0 fully saturated rings. The Balaban J connectivity index is 1.77. The number of aryl methyl sites for hydroxylation is 1. The number of hydrogen-bond acceptors (Lipinski definition) is 4. The molecular formula is C25H34N4O4. The van der Waals surface area contributed by atoms with Gasteiger partial charge in [0.2, 0.25) is 5.91 Å². The van der Waals surface area contributed by atoms with Gasteiger partial charge in [-0.1, -0.05) is 11.6 Å². The molecule has 1 aliphatic heterocycles. The van der Waals surface area contributed by atoms with Crippen molar-refractivity contribution in [3.05, 3.63) is 53.3 Å². The molecule has 3 amide bonds. The van der Waals surface area contributed by atoms with Crippen molar-refractivity contribution in [1.29, 1.82) is 0 Å². The average Bonchev–Trinajstić information content (AvgIpc) is 3.26. The maximum absolute atomic E-state index is 13.2. The Hall–Kier alpha value is -3.29. The largest absolute Gasteiger partial charge is 0.491 e. The van der Waals surface area contributed by atoms with Crippen molar-refractivity contribution in [1.82, 2.24) is 20.1 Å². The number of carbonyl (C=O) groups is 3. The molecule has 0 saturated heterocycles. The minimum absolute atomic E-state index is 0.0851. The van der Waals surface area contributed by atoms with Gasteiger partial charge in [-0.05, 0) is 52.3 Å². The van der Waals surface area contributed by atoms with E-state index in [0.29, 0.717) is 55.9 Å². The van der Waals surface area contributed by atoms with Gasteiger partial charge in [0, 0.05) is 44.0 Å². The lowest BCUT2D eigenvalue weighted by atomic mass is 10.1. The number of ether oxygens (including phenoxy) is 1. The third-order valence-corrected chi connectivity index (χ3v) is 5.56. The van der Waals surface area contributed by atoms with E-state index in [1.165, 1.54) is 0 Å². The molecule has 0 radical (unpaired) electrons. The SMILES string of the molecule is Cc1ccc2c(c1)C(=O)NCCN(C(=O)c1ccn(C(C)(C)C)c1)CCCC(=O)NCCO2. The van der Waals surface area contributed by atoms with Gasteiger partial charge in [0.1, 0.15) is 12.4 Å². The second-order valence-electron chi connectivity index (χ2n) is 9.33. The third-order valence-electron chi connectivity index (χ3n) is 5.56. The fourth-order valence-electron chi connectivity index (χ4n) is 3.65. The minimum atomic E-state index is -0.251. The van der Waals surface area contributed by atoms with E-state index >= 15 is 0 Å². The van der Waals surface area contributed by atoms with Crippen LogP contribution < -0.4 is 15.4 Å². The fraction of sp³-hybridized carbons (Fsp3) is 0.480. The maximum atomic E-state index is 13.2. The first kappa shape index (κ1) is 24.4. The zero-order valence-corrected chi connectivity index (χ0v) is 19.9. The molecule has 8 heteroatoms. The summed E-state index contributed by atoms with van der Waals surface area (Å²) in [5.41, 5.74) is 1.85. The number of nitrogens with one attached hydrogen (secondary N) is 2. The van der Waals surface area contributed by atoms with Gasteiger partial charge in [-0.15, -0.1) is 0 Å². The molecular weight excluding hydrogens is 420 g/mol. The van der Waals surface area contributed by atoms with Gasteiger partial charge >= 0.3 is 0 Å². The first-order valence-electron chi connectivity index (χ1n) is 11.4. The molecule has 3 rings (SSSR count). The van der Waals surface area contributed by atoms with Gasteiger partial charge in [-0.3, -0.25) is 14.4 Å². The monoisotopic (exact) mass is 454 g/mol. The van der Waals surface area contributed by atoms with Crippen molar-refractivity contribution in [2.75, 3.05) is 32.8 Å². The Morgan fingerprint density at radius 2 is 1.85 bits per heavy atom. The van der Waals surface area contributed by atoms with Crippen molar-refractivity contribution in [2.24, 2.45) is 0 Å². The third kappa shape index (κ3) is 6.60. The van der Waals surface area contributed by atoms with E-state index < -0.39 is 0 Å². The lowest BCUT2D eigenvalue weighted by molar-refractivity contribution is -0.121. The highest BCUT2D eigenvalue weighted by Gasteiger charge is 2.21. The smallest absolute Gasteiger partial charge is 0.255 e. The molecule has 1 aromatic carbocycles. The zero-order chi connectivity index (χ0) is 24.0. The van der Waals surface area contributed by atoms with Crippen LogP contribution in [0.1, 0.15) is 59.9 Å². The van der Waals surface area contributed by atoms with Crippen LogP contribution in [0.3, 0.4) is 0 Å². The van der Waals surface area contributed by atoms with E-state index in [0.717, 1.165) is 5.56 Å². The standard InChI is InChI=1S/C25H34N4O4/c1-18-7-8-21-20(16-18)23(31)27-10-14-28(12-5-6-22(30)26-11-15-33-21)24(32)19-9-13-29(17-19)25(2,3)4/h7-9,13,16-17H,5-6,10-12,14-15H2,1-4H3,(H,26,30)(H,27,31). The number of amides is 3. The Kier molecular flexibility index (Phi) is 7.79. The van der Waals surface area contributed by atoms with Crippen LogP contribution in [0.15, 0.2) is 36.7 Å². The van der Waals surface area contributed by atoms with E-state index in [1.807, 2.05) is 36.0 Å². The van der Waals surface area contributed by atoms with Crippen LogP contribution in [0.5, 0.6) is 5.75 Å². The molecule has 178 valence electrons. The molecule has 0 spiro atoms. The van der Waals surface area contributed by atoms with Gasteiger partial charge in [0.05, 0.1) is 17.7 Å². The molecule has 0 saturated carbocycles. The van der Waals surface area contributed by atoms with Crippen LogP contribution in [-0.4, -0.2) is 60.0 Å². The van der Waals surface area contributed by atoms with Crippen LogP contribution in [0.2, 0.25) is 0 Å². The first-order chi connectivity index (χ1) is 15.6. The summed E-state index contributed by atoms with van der Waals surface area (Å²) in [6, 6.07) is 7.23. The number of aromatic nitrogens is 1. The molecule has 0 unspecified atom stereocenters. The summed E-state index contributed by atoms with van der Waals surface area (Å²) >= 11 is 0. The van der Waals surface area contributed by atoms with E-state index in [2.05, 4.69) is 31.4 Å². The Morgan fingerprint density at radius 1 is 1.06 bits per heavy atom. The number of nitrogens with zero attached hydrogens (tertiary/aromatic N) is 2. The highest BCUT2D eigenvalue weighted by molar-refractivity contribution is 5.97. The van der Waals surface area contributed by atoms with E-state index in [9.17, 15) is 14.4 Å². The van der Waals surface area contributed by atoms with Gasteiger partial charge in [-0.25, -0.2) is 0 Å². The van der Waals surface area contributed by atoms with Crippen molar-refractivity contribution >= 4 is 17.7 Å². The summed E-state index contributed by atoms with van der Waals surface area (Å²) < 4.78 is 7.74. The number of rotatable bonds is 1. The van der Waals surface area contributed by atoms with Gasteiger partial charge in [0.15, 0.2) is 0 Å². The second kappa shape index (κ2) is 10.6. The van der Waals surface area contributed by atoms with E-state index in [1.54, 1.807) is 17.0 Å². The molecule has 2 N–H and O–H groups in total. The van der Waals surface area contributed by atoms with Crippen molar-refractivity contribution in [3.8, 4) is 5.75 Å². The number of carbonyl (C=O) groups excluding carboxylic acids is 3. The number of hydrogen-bond donors (Lipinski definition) is 2.